The standard InChI is InChI=1S/C12H15NO2/c1-14-11(5-7-13)10-4-2-3-9-6-8-15-12(9)10/h2-4,6,8,11H,5,7,13H2,1H3. The van der Waals surface area contributed by atoms with Crippen LogP contribution in [0.4, 0.5) is 0 Å². The van der Waals surface area contributed by atoms with Gasteiger partial charge in [0.25, 0.3) is 0 Å². The summed E-state index contributed by atoms with van der Waals surface area (Å²) in [4.78, 5) is 0. The maximum absolute atomic E-state index is 5.55. The van der Waals surface area contributed by atoms with Crippen molar-refractivity contribution < 1.29 is 9.15 Å². The van der Waals surface area contributed by atoms with Crippen molar-refractivity contribution in [2.75, 3.05) is 13.7 Å². The van der Waals surface area contributed by atoms with Crippen LogP contribution in [0.3, 0.4) is 0 Å². The summed E-state index contributed by atoms with van der Waals surface area (Å²) in [7, 11) is 1.70. The molecule has 2 rings (SSSR count). The van der Waals surface area contributed by atoms with E-state index in [4.69, 9.17) is 14.9 Å². The third kappa shape index (κ3) is 1.89. The molecule has 0 aliphatic heterocycles. The third-order valence-electron chi connectivity index (χ3n) is 2.57. The predicted octanol–water partition coefficient (Wildman–Crippen LogP) is 2.47. The van der Waals surface area contributed by atoms with Gasteiger partial charge in [0, 0.05) is 18.1 Å². The minimum absolute atomic E-state index is 0.0184. The van der Waals surface area contributed by atoms with Crippen LogP contribution >= 0.6 is 0 Å². The second-order valence-electron chi connectivity index (χ2n) is 3.49. The van der Waals surface area contributed by atoms with Crippen LogP contribution in [0.15, 0.2) is 34.9 Å². The molecule has 0 radical (unpaired) electrons. The van der Waals surface area contributed by atoms with Gasteiger partial charge < -0.3 is 14.9 Å². The summed E-state index contributed by atoms with van der Waals surface area (Å²) in [6, 6.07) is 8.01. The molecule has 3 nitrogen and oxygen atoms in total. The monoisotopic (exact) mass is 205 g/mol. The van der Waals surface area contributed by atoms with Crippen molar-refractivity contribution in [2.24, 2.45) is 5.73 Å². The molecule has 1 atom stereocenters. The molecule has 0 amide bonds. The fourth-order valence-electron chi connectivity index (χ4n) is 1.82. The number of hydrogen-bond acceptors (Lipinski definition) is 3. The molecule has 0 bridgehead atoms. The molecule has 0 aliphatic rings. The predicted molar refractivity (Wildman–Crippen MR) is 59.6 cm³/mol. The third-order valence-corrected chi connectivity index (χ3v) is 2.57. The number of hydrogen-bond donors (Lipinski definition) is 1. The molecule has 2 aromatic rings. The summed E-state index contributed by atoms with van der Waals surface area (Å²) >= 11 is 0. The summed E-state index contributed by atoms with van der Waals surface area (Å²) in [6.07, 6.45) is 2.52. The van der Waals surface area contributed by atoms with Crippen LogP contribution in [0, 0.1) is 0 Å². The Balaban J connectivity index is 2.44. The number of nitrogens with two attached hydrogens (primary N) is 1. The van der Waals surface area contributed by atoms with E-state index >= 15 is 0 Å². The highest BCUT2D eigenvalue weighted by Gasteiger charge is 2.14. The van der Waals surface area contributed by atoms with Gasteiger partial charge in [-0.2, -0.15) is 0 Å². The van der Waals surface area contributed by atoms with E-state index < -0.39 is 0 Å². The highest BCUT2D eigenvalue weighted by molar-refractivity contribution is 5.80. The van der Waals surface area contributed by atoms with Gasteiger partial charge >= 0.3 is 0 Å². The number of ether oxygens (including phenoxy) is 1. The molecule has 0 saturated carbocycles. The molecule has 1 heterocycles. The van der Waals surface area contributed by atoms with Gasteiger partial charge in [0.15, 0.2) is 0 Å². The Bertz CT molecular complexity index is 436. The molecule has 1 aromatic carbocycles. The summed E-state index contributed by atoms with van der Waals surface area (Å²) in [6.45, 7) is 0.607. The molecular formula is C12H15NO2. The van der Waals surface area contributed by atoms with Crippen molar-refractivity contribution >= 4 is 11.0 Å². The lowest BCUT2D eigenvalue weighted by Crippen LogP contribution is -2.09. The largest absolute Gasteiger partial charge is 0.464 e. The van der Waals surface area contributed by atoms with Crippen LogP contribution in [-0.2, 0) is 4.74 Å². The minimum Gasteiger partial charge on any atom is -0.464 e. The average molecular weight is 205 g/mol. The Hall–Kier alpha value is -1.32. The first kappa shape index (κ1) is 10.2. The highest BCUT2D eigenvalue weighted by Crippen LogP contribution is 2.28. The number of benzene rings is 1. The highest BCUT2D eigenvalue weighted by atomic mass is 16.5. The van der Waals surface area contributed by atoms with Gasteiger partial charge in [-0.3, -0.25) is 0 Å². The van der Waals surface area contributed by atoms with Gasteiger partial charge in [0.2, 0.25) is 0 Å². The van der Waals surface area contributed by atoms with Gasteiger partial charge in [0.05, 0.1) is 12.4 Å². The lowest BCUT2D eigenvalue weighted by molar-refractivity contribution is 0.0981. The second kappa shape index (κ2) is 4.47. The lowest BCUT2D eigenvalue weighted by atomic mass is 10.0. The van der Waals surface area contributed by atoms with Crippen LogP contribution in [0.2, 0.25) is 0 Å². The van der Waals surface area contributed by atoms with Crippen LogP contribution in [-0.4, -0.2) is 13.7 Å². The van der Waals surface area contributed by atoms with Crippen LogP contribution in [0.5, 0.6) is 0 Å². The molecule has 2 N–H and O–H groups in total. The number of para-hydroxylation sites is 1. The van der Waals surface area contributed by atoms with E-state index in [0.29, 0.717) is 6.54 Å². The zero-order valence-corrected chi connectivity index (χ0v) is 8.77. The SMILES string of the molecule is COC(CCN)c1cccc2ccoc12. The number of methoxy groups -OCH3 is 1. The van der Waals surface area contributed by atoms with E-state index in [1.165, 1.54) is 0 Å². The topological polar surface area (TPSA) is 48.4 Å². The average Bonchev–Trinajstić information content (AvgIpc) is 2.73. The van der Waals surface area contributed by atoms with Crippen LogP contribution in [0.25, 0.3) is 11.0 Å². The maximum Gasteiger partial charge on any atom is 0.139 e. The van der Waals surface area contributed by atoms with Crippen molar-refractivity contribution in [1.29, 1.82) is 0 Å². The van der Waals surface area contributed by atoms with Gasteiger partial charge in [0.1, 0.15) is 5.58 Å². The van der Waals surface area contributed by atoms with E-state index in [9.17, 15) is 0 Å². The Labute approximate surface area is 88.8 Å². The maximum atomic E-state index is 5.55. The number of fused-ring (bicyclic) bond motifs is 1. The Morgan fingerprint density at radius 1 is 1.40 bits per heavy atom. The lowest BCUT2D eigenvalue weighted by Gasteiger charge is -2.14. The van der Waals surface area contributed by atoms with Gasteiger partial charge in [-0.05, 0) is 19.0 Å². The van der Waals surface area contributed by atoms with Crippen molar-refractivity contribution in [3.05, 3.63) is 36.1 Å². The normalized spacial score (nSPS) is 13.2. The van der Waals surface area contributed by atoms with Gasteiger partial charge in [-0.15, -0.1) is 0 Å². The summed E-state index contributed by atoms with van der Waals surface area (Å²) in [5.74, 6) is 0. The van der Waals surface area contributed by atoms with E-state index in [2.05, 4.69) is 0 Å². The molecule has 1 unspecified atom stereocenters. The molecule has 0 saturated heterocycles. The van der Waals surface area contributed by atoms with E-state index in [1.807, 2.05) is 24.3 Å². The zero-order valence-electron chi connectivity index (χ0n) is 8.77. The molecule has 0 spiro atoms. The van der Waals surface area contributed by atoms with Gasteiger partial charge in [-0.25, -0.2) is 0 Å². The Morgan fingerprint density at radius 2 is 2.27 bits per heavy atom. The molecule has 0 fully saturated rings. The van der Waals surface area contributed by atoms with Crippen molar-refractivity contribution in [2.45, 2.75) is 12.5 Å². The van der Waals surface area contributed by atoms with Crippen molar-refractivity contribution in [3.63, 3.8) is 0 Å². The van der Waals surface area contributed by atoms with E-state index in [0.717, 1.165) is 23.0 Å². The summed E-state index contributed by atoms with van der Waals surface area (Å²) < 4.78 is 10.9. The molecule has 1 aromatic heterocycles. The molecular weight excluding hydrogens is 190 g/mol. The Kier molecular flexibility index (Phi) is 3.04. The van der Waals surface area contributed by atoms with Crippen molar-refractivity contribution in [3.8, 4) is 0 Å². The number of furan rings is 1. The smallest absolute Gasteiger partial charge is 0.139 e. The fourth-order valence-corrected chi connectivity index (χ4v) is 1.82. The second-order valence-corrected chi connectivity index (χ2v) is 3.49. The summed E-state index contributed by atoms with van der Waals surface area (Å²) in [5, 5.41) is 1.10. The molecule has 0 aliphatic carbocycles. The van der Waals surface area contributed by atoms with E-state index in [1.54, 1.807) is 13.4 Å². The molecule has 80 valence electrons. The molecule has 3 heteroatoms. The van der Waals surface area contributed by atoms with Crippen LogP contribution in [0.1, 0.15) is 18.1 Å². The summed E-state index contributed by atoms with van der Waals surface area (Å²) in [5.41, 5.74) is 7.53. The first-order valence-electron chi connectivity index (χ1n) is 5.05. The quantitative estimate of drug-likeness (QED) is 0.834. The first-order chi connectivity index (χ1) is 7.36. The zero-order chi connectivity index (χ0) is 10.7. The fraction of sp³-hybridized carbons (Fsp3) is 0.333. The Morgan fingerprint density at radius 3 is 3.00 bits per heavy atom. The van der Waals surface area contributed by atoms with E-state index in [-0.39, 0.29) is 6.10 Å². The van der Waals surface area contributed by atoms with Crippen LogP contribution < -0.4 is 5.73 Å². The van der Waals surface area contributed by atoms with Gasteiger partial charge in [-0.1, -0.05) is 18.2 Å². The minimum atomic E-state index is 0.0184. The number of rotatable bonds is 4. The van der Waals surface area contributed by atoms with Crippen molar-refractivity contribution in [1.82, 2.24) is 0 Å². The first-order valence-corrected chi connectivity index (χ1v) is 5.05. The molecule has 15 heavy (non-hydrogen) atoms.